The van der Waals surface area contributed by atoms with Crippen LogP contribution in [0.5, 0.6) is 0 Å². The van der Waals surface area contributed by atoms with Gasteiger partial charge in [0.2, 0.25) is 0 Å². The SMILES string of the molecule is CC(C)C(=O)/C=C/CN1CCOCC1. The van der Waals surface area contributed by atoms with Crippen molar-refractivity contribution >= 4 is 5.78 Å². The Morgan fingerprint density at radius 3 is 2.64 bits per heavy atom. The standard InChI is InChI=1S/C11H19NO2/c1-10(2)11(13)4-3-5-12-6-8-14-9-7-12/h3-4,10H,5-9H2,1-2H3/b4-3+. The van der Waals surface area contributed by atoms with E-state index < -0.39 is 0 Å². The van der Waals surface area contributed by atoms with Gasteiger partial charge in [0.05, 0.1) is 13.2 Å². The summed E-state index contributed by atoms with van der Waals surface area (Å²) in [6.07, 6.45) is 3.65. The Kier molecular flexibility index (Phi) is 4.84. The summed E-state index contributed by atoms with van der Waals surface area (Å²) in [5.41, 5.74) is 0. The molecule has 1 saturated heterocycles. The molecule has 1 aliphatic heterocycles. The largest absolute Gasteiger partial charge is 0.379 e. The van der Waals surface area contributed by atoms with Crippen LogP contribution < -0.4 is 0 Å². The van der Waals surface area contributed by atoms with Crippen LogP contribution in [0.15, 0.2) is 12.2 Å². The van der Waals surface area contributed by atoms with Gasteiger partial charge in [0.25, 0.3) is 0 Å². The molecule has 80 valence electrons. The molecule has 3 heteroatoms. The lowest BCUT2D eigenvalue weighted by molar-refractivity contribution is -0.117. The van der Waals surface area contributed by atoms with E-state index in [-0.39, 0.29) is 11.7 Å². The molecule has 0 aromatic heterocycles. The fraction of sp³-hybridized carbons (Fsp3) is 0.727. The summed E-state index contributed by atoms with van der Waals surface area (Å²) in [6, 6.07) is 0. The first-order valence-electron chi connectivity index (χ1n) is 5.20. The molecular weight excluding hydrogens is 178 g/mol. The number of carbonyl (C=O) groups is 1. The van der Waals surface area contributed by atoms with Crippen molar-refractivity contribution in [1.82, 2.24) is 4.90 Å². The molecule has 0 N–H and O–H groups in total. The Morgan fingerprint density at radius 1 is 1.43 bits per heavy atom. The highest BCUT2D eigenvalue weighted by Crippen LogP contribution is 1.98. The van der Waals surface area contributed by atoms with E-state index in [9.17, 15) is 4.79 Å². The van der Waals surface area contributed by atoms with Crippen molar-refractivity contribution in [3.8, 4) is 0 Å². The molecule has 0 bridgehead atoms. The van der Waals surface area contributed by atoms with Gasteiger partial charge in [-0.2, -0.15) is 0 Å². The van der Waals surface area contributed by atoms with Crippen LogP contribution >= 0.6 is 0 Å². The van der Waals surface area contributed by atoms with Crippen LogP contribution in [0.25, 0.3) is 0 Å². The summed E-state index contributed by atoms with van der Waals surface area (Å²) in [4.78, 5) is 13.5. The second kappa shape index (κ2) is 5.94. The third-order valence-corrected chi connectivity index (χ3v) is 2.32. The molecule has 1 fully saturated rings. The topological polar surface area (TPSA) is 29.5 Å². The summed E-state index contributed by atoms with van der Waals surface area (Å²) in [5.74, 6) is 0.314. The number of morpholine rings is 1. The highest BCUT2D eigenvalue weighted by atomic mass is 16.5. The second-order valence-electron chi connectivity index (χ2n) is 3.87. The van der Waals surface area contributed by atoms with E-state index >= 15 is 0 Å². The highest BCUT2D eigenvalue weighted by molar-refractivity contribution is 5.91. The van der Waals surface area contributed by atoms with E-state index in [0.717, 1.165) is 32.8 Å². The number of carbonyl (C=O) groups excluding carboxylic acids is 1. The molecule has 0 atom stereocenters. The lowest BCUT2D eigenvalue weighted by Crippen LogP contribution is -2.36. The lowest BCUT2D eigenvalue weighted by atomic mass is 10.1. The van der Waals surface area contributed by atoms with Crippen LogP contribution in [-0.4, -0.2) is 43.5 Å². The first kappa shape index (κ1) is 11.4. The lowest BCUT2D eigenvalue weighted by Gasteiger charge is -2.25. The molecule has 0 radical (unpaired) electrons. The minimum atomic E-state index is 0.107. The van der Waals surface area contributed by atoms with Gasteiger partial charge in [0.1, 0.15) is 0 Å². The summed E-state index contributed by atoms with van der Waals surface area (Å²) in [7, 11) is 0. The van der Waals surface area contributed by atoms with Crippen molar-refractivity contribution in [1.29, 1.82) is 0 Å². The van der Waals surface area contributed by atoms with E-state index in [1.54, 1.807) is 6.08 Å². The first-order valence-corrected chi connectivity index (χ1v) is 5.20. The predicted octanol–water partition coefficient (Wildman–Crippen LogP) is 1.10. The van der Waals surface area contributed by atoms with Crippen molar-refractivity contribution < 1.29 is 9.53 Å². The van der Waals surface area contributed by atoms with Crippen molar-refractivity contribution in [2.24, 2.45) is 5.92 Å². The fourth-order valence-corrected chi connectivity index (χ4v) is 1.29. The van der Waals surface area contributed by atoms with E-state index in [1.807, 2.05) is 19.9 Å². The molecule has 3 nitrogen and oxygen atoms in total. The first-order chi connectivity index (χ1) is 6.70. The normalized spacial score (nSPS) is 19.4. The quantitative estimate of drug-likeness (QED) is 0.632. The number of nitrogens with zero attached hydrogens (tertiary/aromatic N) is 1. The van der Waals surface area contributed by atoms with Gasteiger partial charge in [-0.1, -0.05) is 19.9 Å². The van der Waals surface area contributed by atoms with Crippen molar-refractivity contribution in [3.05, 3.63) is 12.2 Å². The molecule has 14 heavy (non-hydrogen) atoms. The molecule has 0 aliphatic carbocycles. The maximum absolute atomic E-state index is 11.3. The van der Waals surface area contributed by atoms with Crippen molar-refractivity contribution in [2.75, 3.05) is 32.8 Å². The molecule has 0 aromatic rings. The van der Waals surface area contributed by atoms with Crippen LogP contribution in [0.4, 0.5) is 0 Å². The molecular formula is C11H19NO2. The maximum atomic E-state index is 11.3. The highest BCUT2D eigenvalue weighted by Gasteiger charge is 2.08. The Labute approximate surface area is 85.7 Å². The predicted molar refractivity (Wildman–Crippen MR) is 56.2 cm³/mol. The van der Waals surface area contributed by atoms with Crippen LogP contribution in [0.1, 0.15) is 13.8 Å². The van der Waals surface area contributed by atoms with Crippen LogP contribution in [0, 0.1) is 5.92 Å². The van der Waals surface area contributed by atoms with E-state index in [1.165, 1.54) is 0 Å². The number of hydrogen-bond acceptors (Lipinski definition) is 3. The summed E-state index contributed by atoms with van der Waals surface area (Å²) in [5, 5.41) is 0. The summed E-state index contributed by atoms with van der Waals surface area (Å²) < 4.78 is 5.23. The van der Waals surface area contributed by atoms with Gasteiger partial charge in [-0.3, -0.25) is 9.69 Å². The average Bonchev–Trinajstić information content (AvgIpc) is 2.19. The minimum absolute atomic E-state index is 0.107. The zero-order valence-electron chi connectivity index (χ0n) is 9.03. The second-order valence-corrected chi connectivity index (χ2v) is 3.87. The summed E-state index contributed by atoms with van der Waals surface area (Å²) in [6.45, 7) is 8.27. The smallest absolute Gasteiger partial charge is 0.157 e. The van der Waals surface area contributed by atoms with E-state index in [0.29, 0.717) is 0 Å². The van der Waals surface area contributed by atoms with Crippen LogP contribution in [0.2, 0.25) is 0 Å². The molecule has 0 spiro atoms. The third-order valence-electron chi connectivity index (χ3n) is 2.32. The Morgan fingerprint density at radius 2 is 2.07 bits per heavy atom. The van der Waals surface area contributed by atoms with Gasteiger partial charge in [0, 0.05) is 25.6 Å². The van der Waals surface area contributed by atoms with E-state index in [2.05, 4.69) is 4.90 Å². The molecule has 0 aromatic carbocycles. The third kappa shape index (κ3) is 4.03. The zero-order valence-corrected chi connectivity index (χ0v) is 9.03. The van der Waals surface area contributed by atoms with E-state index in [4.69, 9.17) is 4.74 Å². The van der Waals surface area contributed by atoms with Crippen LogP contribution in [-0.2, 0) is 9.53 Å². The number of ketones is 1. The molecule has 1 heterocycles. The van der Waals surface area contributed by atoms with Gasteiger partial charge in [0.15, 0.2) is 5.78 Å². The average molecular weight is 197 g/mol. The van der Waals surface area contributed by atoms with Crippen molar-refractivity contribution in [3.63, 3.8) is 0 Å². The minimum Gasteiger partial charge on any atom is -0.379 e. The molecule has 0 unspecified atom stereocenters. The number of hydrogen-bond donors (Lipinski definition) is 0. The van der Waals surface area contributed by atoms with Crippen molar-refractivity contribution in [2.45, 2.75) is 13.8 Å². The zero-order chi connectivity index (χ0) is 10.4. The molecule has 1 aliphatic rings. The van der Waals surface area contributed by atoms with Gasteiger partial charge < -0.3 is 4.74 Å². The Hall–Kier alpha value is -0.670. The van der Waals surface area contributed by atoms with Gasteiger partial charge in [-0.05, 0) is 6.08 Å². The molecule has 0 amide bonds. The number of ether oxygens (including phenoxy) is 1. The molecule has 0 saturated carbocycles. The van der Waals surface area contributed by atoms with Gasteiger partial charge in [-0.25, -0.2) is 0 Å². The van der Waals surface area contributed by atoms with Crippen LogP contribution in [0.3, 0.4) is 0 Å². The summed E-state index contributed by atoms with van der Waals surface area (Å²) >= 11 is 0. The number of allylic oxidation sites excluding steroid dienone is 1. The molecule has 1 rings (SSSR count). The monoisotopic (exact) mass is 197 g/mol. The Bertz CT molecular complexity index is 205. The van der Waals surface area contributed by atoms with Gasteiger partial charge >= 0.3 is 0 Å². The Balaban J connectivity index is 2.21. The fourth-order valence-electron chi connectivity index (χ4n) is 1.29. The van der Waals surface area contributed by atoms with Gasteiger partial charge in [-0.15, -0.1) is 0 Å². The number of rotatable bonds is 4. The maximum Gasteiger partial charge on any atom is 0.157 e.